The maximum absolute atomic E-state index is 12.2. The van der Waals surface area contributed by atoms with E-state index >= 15 is 0 Å². The molecule has 0 aliphatic heterocycles. The zero-order valence-electron chi connectivity index (χ0n) is 9.53. The maximum Gasteiger partial charge on any atom is 0.273 e. The van der Waals surface area contributed by atoms with E-state index in [1.807, 2.05) is 0 Å². The van der Waals surface area contributed by atoms with Gasteiger partial charge in [0.2, 0.25) is 0 Å². The zero-order chi connectivity index (χ0) is 12.7. The van der Waals surface area contributed by atoms with E-state index in [2.05, 4.69) is 20.9 Å². The van der Waals surface area contributed by atoms with Gasteiger partial charge in [0.1, 0.15) is 5.69 Å². The predicted octanol–water partition coefficient (Wildman–Crippen LogP) is 2.17. The molecule has 0 aromatic carbocycles. The summed E-state index contributed by atoms with van der Waals surface area (Å²) >= 11 is 8.99. The normalized spacial score (nSPS) is 10.3. The molecule has 0 unspecified atom stereocenters. The van der Waals surface area contributed by atoms with Crippen LogP contribution in [-0.2, 0) is 4.74 Å². The molecule has 0 aliphatic carbocycles. The van der Waals surface area contributed by atoms with Gasteiger partial charge in [-0.3, -0.25) is 4.79 Å². The average Bonchev–Trinajstić information content (AvgIpc) is 2.34. The summed E-state index contributed by atoms with van der Waals surface area (Å²) in [5, 5.41) is 0. The van der Waals surface area contributed by atoms with Gasteiger partial charge in [-0.2, -0.15) is 0 Å². The Balaban J connectivity index is 2.80. The smallest absolute Gasteiger partial charge is 0.273 e. The molecule has 0 spiro atoms. The van der Waals surface area contributed by atoms with Gasteiger partial charge in [0.15, 0.2) is 0 Å². The largest absolute Gasteiger partial charge is 0.383 e. The number of ether oxygens (including phenoxy) is 1. The Bertz CT molecular complexity index is 376. The summed E-state index contributed by atoms with van der Waals surface area (Å²) in [4.78, 5) is 17.9. The average molecular weight is 322 g/mol. The SMILES string of the molecule is COCCN(CCCl)C(=O)c1ncccc1Br. The number of carbonyl (C=O) groups is 1. The number of hydrogen-bond acceptors (Lipinski definition) is 3. The van der Waals surface area contributed by atoms with Gasteiger partial charge >= 0.3 is 0 Å². The highest BCUT2D eigenvalue weighted by Crippen LogP contribution is 2.15. The first-order chi connectivity index (χ1) is 8.20. The van der Waals surface area contributed by atoms with Gasteiger partial charge in [0.25, 0.3) is 5.91 Å². The molecule has 4 nitrogen and oxygen atoms in total. The summed E-state index contributed by atoms with van der Waals surface area (Å²) < 4.78 is 5.65. The van der Waals surface area contributed by atoms with Crippen LogP contribution < -0.4 is 0 Å². The van der Waals surface area contributed by atoms with Crippen molar-refractivity contribution in [2.75, 3.05) is 32.7 Å². The highest BCUT2D eigenvalue weighted by molar-refractivity contribution is 9.10. The van der Waals surface area contributed by atoms with Gasteiger partial charge in [0, 0.05) is 36.7 Å². The van der Waals surface area contributed by atoms with Crippen LogP contribution in [-0.4, -0.2) is 48.5 Å². The van der Waals surface area contributed by atoms with E-state index in [-0.39, 0.29) is 5.91 Å². The van der Waals surface area contributed by atoms with E-state index in [0.29, 0.717) is 35.7 Å². The molecule has 0 fully saturated rings. The number of amides is 1. The van der Waals surface area contributed by atoms with Crippen LogP contribution in [0.2, 0.25) is 0 Å². The zero-order valence-corrected chi connectivity index (χ0v) is 11.9. The molecule has 0 N–H and O–H groups in total. The van der Waals surface area contributed by atoms with Crippen LogP contribution in [0.25, 0.3) is 0 Å². The van der Waals surface area contributed by atoms with Gasteiger partial charge in [-0.1, -0.05) is 0 Å². The Morgan fingerprint density at radius 2 is 2.35 bits per heavy atom. The molecule has 0 aliphatic rings. The van der Waals surface area contributed by atoms with Crippen molar-refractivity contribution in [3.8, 4) is 0 Å². The summed E-state index contributed by atoms with van der Waals surface area (Å²) in [6.45, 7) is 1.46. The first-order valence-electron chi connectivity index (χ1n) is 5.15. The summed E-state index contributed by atoms with van der Waals surface area (Å²) in [7, 11) is 1.60. The monoisotopic (exact) mass is 320 g/mol. The molecular formula is C11H14BrClN2O2. The molecule has 0 saturated heterocycles. The molecule has 1 aromatic heterocycles. The second kappa shape index (κ2) is 7.63. The number of hydrogen-bond donors (Lipinski definition) is 0. The molecule has 94 valence electrons. The summed E-state index contributed by atoms with van der Waals surface area (Å²) in [5.74, 6) is 0.245. The number of halogens is 2. The van der Waals surface area contributed by atoms with Crippen molar-refractivity contribution in [3.05, 3.63) is 28.5 Å². The Labute approximate surface area is 114 Å². The number of carbonyl (C=O) groups excluding carboxylic acids is 1. The molecule has 17 heavy (non-hydrogen) atoms. The van der Waals surface area contributed by atoms with Crippen molar-refractivity contribution < 1.29 is 9.53 Å². The first kappa shape index (κ1) is 14.4. The molecule has 1 rings (SSSR count). The Hall–Kier alpha value is -0.650. The van der Waals surface area contributed by atoms with Crippen molar-refractivity contribution in [1.82, 2.24) is 9.88 Å². The first-order valence-corrected chi connectivity index (χ1v) is 6.48. The van der Waals surface area contributed by atoms with E-state index in [4.69, 9.17) is 16.3 Å². The minimum absolute atomic E-state index is 0.143. The van der Waals surface area contributed by atoms with Gasteiger partial charge in [-0.05, 0) is 28.1 Å². The number of methoxy groups -OCH3 is 1. The van der Waals surface area contributed by atoms with Crippen LogP contribution in [0.4, 0.5) is 0 Å². The van der Waals surface area contributed by atoms with Gasteiger partial charge in [-0.15, -0.1) is 11.6 Å². The minimum Gasteiger partial charge on any atom is -0.383 e. The van der Waals surface area contributed by atoms with Crippen molar-refractivity contribution in [2.45, 2.75) is 0 Å². The molecule has 0 atom stereocenters. The van der Waals surface area contributed by atoms with Gasteiger partial charge in [0.05, 0.1) is 6.61 Å². The van der Waals surface area contributed by atoms with E-state index in [1.165, 1.54) is 0 Å². The molecule has 0 bridgehead atoms. The van der Waals surface area contributed by atoms with Crippen molar-refractivity contribution in [1.29, 1.82) is 0 Å². The Morgan fingerprint density at radius 3 is 2.94 bits per heavy atom. The molecule has 1 heterocycles. The topological polar surface area (TPSA) is 42.4 Å². The fourth-order valence-corrected chi connectivity index (χ4v) is 1.94. The third kappa shape index (κ3) is 4.26. The fourth-order valence-electron chi connectivity index (χ4n) is 1.31. The molecule has 0 saturated carbocycles. The van der Waals surface area contributed by atoms with Crippen LogP contribution in [0.3, 0.4) is 0 Å². The van der Waals surface area contributed by atoms with Crippen LogP contribution >= 0.6 is 27.5 Å². The standard InChI is InChI=1S/C11H14BrClN2O2/c1-17-8-7-15(6-4-13)11(16)10-9(12)3-2-5-14-10/h2-3,5H,4,6-8H2,1H3. The third-order valence-corrected chi connectivity index (χ3v) is 2.98. The molecule has 1 aromatic rings. The fraction of sp³-hybridized carbons (Fsp3) is 0.455. The molecule has 1 amide bonds. The predicted molar refractivity (Wildman–Crippen MR) is 70.4 cm³/mol. The van der Waals surface area contributed by atoms with Crippen molar-refractivity contribution in [3.63, 3.8) is 0 Å². The van der Waals surface area contributed by atoms with Crippen LogP contribution in [0, 0.1) is 0 Å². The lowest BCUT2D eigenvalue weighted by Gasteiger charge is -2.21. The van der Waals surface area contributed by atoms with Crippen molar-refractivity contribution >= 4 is 33.4 Å². The number of rotatable bonds is 6. The number of alkyl halides is 1. The second-order valence-electron chi connectivity index (χ2n) is 3.31. The van der Waals surface area contributed by atoms with E-state index in [1.54, 1.807) is 30.3 Å². The van der Waals surface area contributed by atoms with Gasteiger partial charge in [-0.25, -0.2) is 4.98 Å². The van der Waals surface area contributed by atoms with E-state index in [9.17, 15) is 4.79 Å². The lowest BCUT2D eigenvalue weighted by molar-refractivity contribution is 0.0701. The second-order valence-corrected chi connectivity index (χ2v) is 4.54. The van der Waals surface area contributed by atoms with E-state index < -0.39 is 0 Å². The summed E-state index contributed by atoms with van der Waals surface area (Å²) in [5.41, 5.74) is 0.397. The minimum atomic E-state index is -0.143. The number of aromatic nitrogens is 1. The Morgan fingerprint density at radius 1 is 1.59 bits per heavy atom. The van der Waals surface area contributed by atoms with Gasteiger partial charge < -0.3 is 9.64 Å². The highest BCUT2D eigenvalue weighted by atomic mass is 79.9. The molecule has 6 heteroatoms. The van der Waals surface area contributed by atoms with Crippen LogP contribution in [0.15, 0.2) is 22.8 Å². The molecule has 0 radical (unpaired) electrons. The Kier molecular flexibility index (Phi) is 6.47. The summed E-state index contributed by atoms with van der Waals surface area (Å²) in [6, 6.07) is 3.55. The maximum atomic E-state index is 12.2. The van der Waals surface area contributed by atoms with Crippen LogP contribution in [0.5, 0.6) is 0 Å². The van der Waals surface area contributed by atoms with Crippen molar-refractivity contribution in [2.24, 2.45) is 0 Å². The quantitative estimate of drug-likeness (QED) is 0.754. The number of nitrogens with zero attached hydrogens (tertiary/aromatic N) is 2. The lowest BCUT2D eigenvalue weighted by atomic mass is 10.3. The number of pyridine rings is 1. The third-order valence-electron chi connectivity index (χ3n) is 2.17. The highest BCUT2D eigenvalue weighted by Gasteiger charge is 2.18. The molecular weight excluding hydrogens is 307 g/mol. The van der Waals surface area contributed by atoms with Crippen LogP contribution in [0.1, 0.15) is 10.5 Å². The van der Waals surface area contributed by atoms with E-state index in [0.717, 1.165) is 0 Å². The summed E-state index contributed by atoms with van der Waals surface area (Å²) in [6.07, 6.45) is 1.59. The lowest BCUT2D eigenvalue weighted by Crippen LogP contribution is -2.36.